The molecule has 0 saturated carbocycles. The van der Waals surface area contributed by atoms with Crippen LogP contribution in [0, 0.1) is 5.82 Å². The summed E-state index contributed by atoms with van der Waals surface area (Å²) in [6, 6.07) is 23.9. The quantitative estimate of drug-likeness (QED) is 0.618. The summed E-state index contributed by atoms with van der Waals surface area (Å²) in [6.07, 6.45) is 0.888. The molecule has 0 saturated heterocycles. The molecule has 3 rings (SSSR count). The van der Waals surface area contributed by atoms with Crippen molar-refractivity contribution in [2.75, 3.05) is 6.54 Å². The molecule has 5 heteroatoms. The molecule has 0 aromatic heterocycles. The van der Waals surface area contributed by atoms with Gasteiger partial charge in [-0.25, -0.2) is 4.39 Å². The lowest BCUT2D eigenvalue weighted by molar-refractivity contribution is -0.122. The van der Waals surface area contributed by atoms with Gasteiger partial charge in [0.25, 0.3) is 5.91 Å². The summed E-state index contributed by atoms with van der Waals surface area (Å²) < 4.78 is 13.3. The van der Waals surface area contributed by atoms with E-state index in [1.165, 1.54) is 12.1 Å². The second-order valence-corrected chi connectivity index (χ2v) is 6.75. The molecule has 0 aliphatic heterocycles. The van der Waals surface area contributed by atoms with E-state index in [0.29, 0.717) is 24.9 Å². The number of hydrogen-bond acceptors (Lipinski definition) is 2. The van der Waals surface area contributed by atoms with Gasteiger partial charge in [0.15, 0.2) is 0 Å². The minimum Gasteiger partial charge on any atom is -0.354 e. The fourth-order valence-corrected chi connectivity index (χ4v) is 3.04. The molecule has 0 heterocycles. The van der Waals surface area contributed by atoms with Crippen LogP contribution in [0.5, 0.6) is 0 Å². The Morgan fingerprint density at radius 3 is 2.17 bits per heavy atom. The van der Waals surface area contributed by atoms with Crippen LogP contribution >= 0.6 is 0 Å². The monoisotopic (exact) mass is 390 g/mol. The number of hydrogen-bond donors (Lipinski definition) is 2. The van der Waals surface area contributed by atoms with Gasteiger partial charge in [0.1, 0.15) is 11.9 Å². The maximum atomic E-state index is 13.3. The molecule has 0 spiro atoms. The number of nitrogens with one attached hydrogen (secondary N) is 2. The highest BCUT2D eigenvalue weighted by Crippen LogP contribution is 2.07. The first kappa shape index (κ1) is 20.3. The maximum Gasteiger partial charge on any atom is 0.251 e. The Labute approximate surface area is 169 Å². The molecule has 2 amide bonds. The molecule has 0 fully saturated rings. The van der Waals surface area contributed by atoms with Gasteiger partial charge in [-0.15, -0.1) is 0 Å². The minimum absolute atomic E-state index is 0.269. The van der Waals surface area contributed by atoms with Crippen molar-refractivity contribution in [1.82, 2.24) is 10.6 Å². The summed E-state index contributed by atoms with van der Waals surface area (Å²) in [5, 5.41) is 5.68. The summed E-state index contributed by atoms with van der Waals surface area (Å²) in [5.41, 5.74) is 2.25. The largest absolute Gasteiger partial charge is 0.354 e. The molecular weight excluding hydrogens is 367 g/mol. The lowest BCUT2D eigenvalue weighted by Crippen LogP contribution is -2.48. The van der Waals surface area contributed by atoms with E-state index in [1.54, 1.807) is 30.3 Å². The second kappa shape index (κ2) is 10.2. The Morgan fingerprint density at radius 2 is 1.48 bits per heavy atom. The van der Waals surface area contributed by atoms with Crippen LogP contribution in [0.4, 0.5) is 4.39 Å². The van der Waals surface area contributed by atoms with Crippen molar-refractivity contribution in [1.29, 1.82) is 0 Å². The lowest BCUT2D eigenvalue weighted by Gasteiger charge is -2.19. The van der Waals surface area contributed by atoms with Gasteiger partial charge in [-0.3, -0.25) is 9.59 Å². The number of amides is 2. The Kier molecular flexibility index (Phi) is 7.11. The predicted molar refractivity (Wildman–Crippen MR) is 111 cm³/mol. The Bertz CT molecular complexity index is 945. The molecule has 1 unspecified atom stereocenters. The first-order valence-electron chi connectivity index (χ1n) is 9.54. The molecule has 2 N–H and O–H groups in total. The normalized spacial score (nSPS) is 11.5. The first-order valence-corrected chi connectivity index (χ1v) is 9.54. The molecule has 0 aliphatic rings. The van der Waals surface area contributed by atoms with Crippen LogP contribution in [0.2, 0.25) is 0 Å². The Hall–Kier alpha value is -3.47. The maximum absolute atomic E-state index is 13.3. The molecule has 0 radical (unpaired) electrons. The van der Waals surface area contributed by atoms with Gasteiger partial charge >= 0.3 is 0 Å². The van der Waals surface area contributed by atoms with Crippen LogP contribution in [-0.2, 0) is 17.6 Å². The Morgan fingerprint density at radius 1 is 0.828 bits per heavy atom. The van der Waals surface area contributed by atoms with Gasteiger partial charge in [-0.1, -0.05) is 60.7 Å². The molecule has 0 bridgehead atoms. The van der Waals surface area contributed by atoms with Crippen LogP contribution in [0.3, 0.4) is 0 Å². The molecular formula is C24H23FN2O2. The topological polar surface area (TPSA) is 58.2 Å². The molecule has 0 aliphatic carbocycles. The van der Waals surface area contributed by atoms with E-state index >= 15 is 0 Å². The zero-order chi connectivity index (χ0) is 20.5. The standard InChI is InChI=1S/C24H23FN2O2/c25-21-13-7-10-19(16-21)14-15-26-24(29)22(17-18-8-3-1-4-9-18)27-23(28)20-11-5-2-6-12-20/h1-13,16,22H,14-15,17H2,(H,26,29)(H,27,28). The van der Waals surface area contributed by atoms with Crippen LogP contribution < -0.4 is 10.6 Å². The molecule has 3 aromatic carbocycles. The van der Waals surface area contributed by atoms with E-state index in [4.69, 9.17) is 0 Å². The second-order valence-electron chi connectivity index (χ2n) is 6.75. The summed E-state index contributed by atoms with van der Waals surface area (Å²) in [6.45, 7) is 0.356. The molecule has 29 heavy (non-hydrogen) atoms. The fraction of sp³-hybridized carbons (Fsp3) is 0.167. The van der Waals surface area contributed by atoms with Gasteiger partial charge in [0, 0.05) is 18.5 Å². The van der Waals surface area contributed by atoms with Gasteiger partial charge in [0.2, 0.25) is 5.91 Å². The predicted octanol–water partition coefficient (Wildman–Crippen LogP) is 3.53. The number of benzene rings is 3. The lowest BCUT2D eigenvalue weighted by atomic mass is 10.0. The summed E-state index contributed by atoms with van der Waals surface area (Å²) in [5.74, 6) is -0.868. The van der Waals surface area contributed by atoms with Crippen molar-refractivity contribution in [3.05, 3.63) is 107 Å². The molecule has 1 atom stereocenters. The molecule has 3 aromatic rings. The number of carbonyl (C=O) groups excluding carboxylic acids is 2. The van der Waals surface area contributed by atoms with E-state index in [0.717, 1.165) is 11.1 Å². The third-order valence-electron chi connectivity index (χ3n) is 4.54. The van der Waals surface area contributed by atoms with Gasteiger partial charge in [-0.05, 0) is 41.8 Å². The highest BCUT2D eigenvalue weighted by atomic mass is 19.1. The summed E-state index contributed by atoms with van der Waals surface area (Å²) in [7, 11) is 0. The van der Waals surface area contributed by atoms with Crippen molar-refractivity contribution >= 4 is 11.8 Å². The summed E-state index contributed by atoms with van der Waals surface area (Å²) in [4.78, 5) is 25.3. The van der Waals surface area contributed by atoms with E-state index in [9.17, 15) is 14.0 Å². The third-order valence-corrected chi connectivity index (χ3v) is 4.54. The van der Waals surface area contributed by atoms with Crippen molar-refractivity contribution in [2.45, 2.75) is 18.9 Å². The van der Waals surface area contributed by atoms with Crippen LogP contribution in [0.25, 0.3) is 0 Å². The van der Waals surface area contributed by atoms with Crippen molar-refractivity contribution in [2.24, 2.45) is 0 Å². The Balaban J connectivity index is 1.64. The minimum atomic E-state index is -0.711. The average molecular weight is 390 g/mol. The van der Waals surface area contributed by atoms with Gasteiger partial charge < -0.3 is 10.6 Å². The highest BCUT2D eigenvalue weighted by Gasteiger charge is 2.21. The van der Waals surface area contributed by atoms with Gasteiger partial charge in [0.05, 0.1) is 0 Å². The number of carbonyl (C=O) groups is 2. The highest BCUT2D eigenvalue weighted by molar-refractivity contribution is 5.97. The molecule has 148 valence electrons. The van der Waals surface area contributed by atoms with Crippen molar-refractivity contribution in [3.63, 3.8) is 0 Å². The number of halogens is 1. The van der Waals surface area contributed by atoms with E-state index in [-0.39, 0.29) is 17.6 Å². The average Bonchev–Trinajstić information content (AvgIpc) is 2.74. The smallest absolute Gasteiger partial charge is 0.251 e. The van der Waals surface area contributed by atoms with Crippen LogP contribution in [0.1, 0.15) is 21.5 Å². The van der Waals surface area contributed by atoms with E-state index < -0.39 is 6.04 Å². The molecule has 4 nitrogen and oxygen atoms in total. The van der Waals surface area contributed by atoms with Crippen molar-refractivity contribution in [3.8, 4) is 0 Å². The third kappa shape index (κ3) is 6.28. The zero-order valence-corrected chi connectivity index (χ0v) is 16.0. The SMILES string of the molecule is O=C(NC(Cc1ccccc1)C(=O)NCCc1cccc(F)c1)c1ccccc1. The van der Waals surface area contributed by atoms with E-state index in [2.05, 4.69) is 10.6 Å². The number of rotatable bonds is 8. The van der Waals surface area contributed by atoms with Crippen LogP contribution in [0.15, 0.2) is 84.9 Å². The van der Waals surface area contributed by atoms with Crippen LogP contribution in [-0.4, -0.2) is 24.4 Å². The summed E-state index contributed by atoms with van der Waals surface area (Å²) >= 11 is 0. The van der Waals surface area contributed by atoms with E-state index in [1.807, 2.05) is 42.5 Å². The first-order chi connectivity index (χ1) is 14.1. The van der Waals surface area contributed by atoms with Gasteiger partial charge in [-0.2, -0.15) is 0 Å². The fourth-order valence-electron chi connectivity index (χ4n) is 3.04. The zero-order valence-electron chi connectivity index (χ0n) is 16.0. The van der Waals surface area contributed by atoms with Crippen molar-refractivity contribution < 1.29 is 14.0 Å².